The highest BCUT2D eigenvalue weighted by atomic mass is 16.5. The van der Waals surface area contributed by atoms with E-state index in [1.54, 1.807) is 13.8 Å². The molecule has 0 atom stereocenters. The van der Waals surface area contributed by atoms with Crippen LogP contribution < -0.4 is 10.2 Å². The molecule has 20 heavy (non-hydrogen) atoms. The second-order valence-electron chi connectivity index (χ2n) is 4.94. The van der Waals surface area contributed by atoms with Gasteiger partial charge in [0.2, 0.25) is 0 Å². The van der Waals surface area contributed by atoms with Crippen LogP contribution in [0.2, 0.25) is 0 Å². The summed E-state index contributed by atoms with van der Waals surface area (Å²) in [5.74, 6) is 0.390. The Bertz CT molecular complexity index is 581. The lowest BCUT2D eigenvalue weighted by Crippen LogP contribution is -2.23. The molecule has 106 valence electrons. The minimum atomic E-state index is -0.155. The molecule has 1 heterocycles. The quantitative estimate of drug-likeness (QED) is 0.928. The van der Waals surface area contributed by atoms with Gasteiger partial charge in [-0.25, -0.2) is 0 Å². The monoisotopic (exact) mass is 273 g/mol. The van der Waals surface area contributed by atoms with Crippen molar-refractivity contribution in [2.24, 2.45) is 0 Å². The number of anilines is 1. The zero-order valence-corrected chi connectivity index (χ0v) is 12.2. The summed E-state index contributed by atoms with van der Waals surface area (Å²) in [6.45, 7) is 3.98. The van der Waals surface area contributed by atoms with Gasteiger partial charge in [-0.2, -0.15) is 0 Å². The van der Waals surface area contributed by atoms with Crippen molar-refractivity contribution in [3.63, 3.8) is 0 Å². The van der Waals surface area contributed by atoms with Crippen LogP contribution in [0.1, 0.15) is 27.4 Å². The fraction of sp³-hybridized carbons (Fsp3) is 0.333. The topological polar surface area (TPSA) is 58.4 Å². The van der Waals surface area contributed by atoms with Crippen LogP contribution in [0.25, 0.3) is 0 Å². The number of nitrogens with one attached hydrogen (secondary N) is 1. The zero-order valence-electron chi connectivity index (χ0n) is 12.2. The molecule has 5 nitrogen and oxygen atoms in total. The molecule has 0 saturated carbocycles. The first-order chi connectivity index (χ1) is 9.49. The zero-order chi connectivity index (χ0) is 14.7. The maximum atomic E-state index is 12.1. The smallest absolute Gasteiger partial charge is 0.257 e. The van der Waals surface area contributed by atoms with Gasteiger partial charge in [0, 0.05) is 26.3 Å². The first-order valence-electron chi connectivity index (χ1n) is 6.46. The first kappa shape index (κ1) is 14.1. The fourth-order valence-corrected chi connectivity index (χ4v) is 1.99. The van der Waals surface area contributed by atoms with Gasteiger partial charge in [0.05, 0.1) is 5.69 Å². The summed E-state index contributed by atoms with van der Waals surface area (Å²) in [5, 5.41) is 6.66. The Balaban J connectivity index is 2.00. The third-order valence-electron chi connectivity index (χ3n) is 3.17. The average molecular weight is 273 g/mol. The SMILES string of the molecule is Cc1noc(C)c1C(=O)NCc1ccc(N(C)C)cc1. The van der Waals surface area contributed by atoms with Crippen LogP contribution in [0.4, 0.5) is 5.69 Å². The molecule has 0 radical (unpaired) electrons. The van der Waals surface area contributed by atoms with E-state index in [-0.39, 0.29) is 5.91 Å². The van der Waals surface area contributed by atoms with Crippen LogP contribution in [0.15, 0.2) is 28.8 Å². The lowest BCUT2D eigenvalue weighted by Gasteiger charge is -2.12. The third-order valence-corrected chi connectivity index (χ3v) is 3.17. The van der Waals surface area contributed by atoms with E-state index in [4.69, 9.17) is 4.52 Å². The molecule has 0 aliphatic rings. The maximum absolute atomic E-state index is 12.1. The van der Waals surface area contributed by atoms with Gasteiger partial charge in [-0.05, 0) is 31.5 Å². The Hall–Kier alpha value is -2.30. The maximum Gasteiger partial charge on any atom is 0.257 e. The molecule has 2 aromatic rings. The number of carbonyl (C=O) groups excluding carboxylic acids is 1. The molecule has 1 amide bonds. The number of nitrogens with zero attached hydrogens (tertiary/aromatic N) is 2. The minimum Gasteiger partial charge on any atom is -0.378 e. The van der Waals surface area contributed by atoms with E-state index < -0.39 is 0 Å². The third kappa shape index (κ3) is 2.99. The molecular weight excluding hydrogens is 254 g/mol. The number of amides is 1. The number of hydrogen-bond acceptors (Lipinski definition) is 4. The average Bonchev–Trinajstić information content (AvgIpc) is 2.76. The van der Waals surface area contributed by atoms with E-state index >= 15 is 0 Å². The van der Waals surface area contributed by atoms with Gasteiger partial charge in [0.1, 0.15) is 11.3 Å². The number of carbonyl (C=O) groups is 1. The molecule has 0 bridgehead atoms. The highest BCUT2D eigenvalue weighted by molar-refractivity contribution is 5.96. The normalized spacial score (nSPS) is 10.4. The van der Waals surface area contributed by atoms with Crippen molar-refractivity contribution in [3.05, 3.63) is 46.8 Å². The molecule has 0 spiro atoms. The van der Waals surface area contributed by atoms with Crippen molar-refractivity contribution in [2.45, 2.75) is 20.4 Å². The van der Waals surface area contributed by atoms with Crippen molar-refractivity contribution in [2.75, 3.05) is 19.0 Å². The Morgan fingerprint density at radius 1 is 1.25 bits per heavy atom. The number of benzene rings is 1. The summed E-state index contributed by atoms with van der Waals surface area (Å²) in [6.07, 6.45) is 0. The van der Waals surface area contributed by atoms with Gasteiger partial charge >= 0.3 is 0 Å². The second-order valence-corrected chi connectivity index (χ2v) is 4.94. The molecular formula is C15H19N3O2. The minimum absolute atomic E-state index is 0.155. The van der Waals surface area contributed by atoms with E-state index in [0.717, 1.165) is 11.3 Å². The van der Waals surface area contributed by atoms with Crippen molar-refractivity contribution < 1.29 is 9.32 Å². The summed E-state index contributed by atoms with van der Waals surface area (Å²) in [7, 11) is 3.99. The summed E-state index contributed by atoms with van der Waals surface area (Å²) >= 11 is 0. The van der Waals surface area contributed by atoms with Crippen LogP contribution in [-0.4, -0.2) is 25.2 Å². The molecule has 2 rings (SSSR count). The highest BCUT2D eigenvalue weighted by Crippen LogP contribution is 2.14. The summed E-state index contributed by atoms with van der Waals surface area (Å²) in [6, 6.07) is 8.06. The number of rotatable bonds is 4. The number of aromatic nitrogens is 1. The lowest BCUT2D eigenvalue weighted by atomic mass is 10.1. The fourth-order valence-electron chi connectivity index (χ4n) is 1.99. The molecule has 0 saturated heterocycles. The van der Waals surface area contributed by atoms with Gasteiger partial charge in [0.25, 0.3) is 5.91 Å². The molecule has 5 heteroatoms. The predicted octanol–water partition coefficient (Wildman–Crippen LogP) is 2.29. The van der Waals surface area contributed by atoms with Crippen LogP contribution in [0, 0.1) is 13.8 Å². The van der Waals surface area contributed by atoms with Gasteiger partial charge in [-0.15, -0.1) is 0 Å². The number of aryl methyl sites for hydroxylation is 2. The molecule has 0 aliphatic heterocycles. The van der Waals surface area contributed by atoms with Crippen molar-refractivity contribution in [3.8, 4) is 0 Å². The summed E-state index contributed by atoms with van der Waals surface area (Å²) in [5.41, 5.74) is 3.32. The van der Waals surface area contributed by atoms with Crippen molar-refractivity contribution in [1.82, 2.24) is 10.5 Å². The van der Waals surface area contributed by atoms with Crippen LogP contribution in [-0.2, 0) is 6.54 Å². The summed E-state index contributed by atoms with van der Waals surface area (Å²) in [4.78, 5) is 14.1. The van der Waals surface area contributed by atoms with Gasteiger partial charge in [-0.3, -0.25) is 4.79 Å². The standard InChI is InChI=1S/C15H19N3O2/c1-10-14(11(2)20-17-10)15(19)16-9-12-5-7-13(8-6-12)18(3)4/h5-8H,9H2,1-4H3,(H,16,19). The Kier molecular flexibility index (Phi) is 4.08. The van der Waals surface area contributed by atoms with E-state index in [2.05, 4.69) is 10.5 Å². The largest absolute Gasteiger partial charge is 0.378 e. The van der Waals surface area contributed by atoms with Crippen molar-refractivity contribution in [1.29, 1.82) is 0 Å². The van der Waals surface area contributed by atoms with Gasteiger partial charge in [0.15, 0.2) is 0 Å². The van der Waals surface area contributed by atoms with Crippen LogP contribution >= 0.6 is 0 Å². The van der Waals surface area contributed by atoms with Gasteiger partial charge < -0.3 is 14.7 Å². The number of hydrogen-bond donors (Lipinski definition) is 1. The molecule has 1 N–H and O–H groups in total. The van der Waals surface area contributed by atoms with E-state index in [0.29, 0.717) is 23.6 Å². The molecule has 1 aromatic carbocycles. The first-order valence-corrected chi connectivity index (χ1v) is 6.46. The van der Waals surface area contributed by atoms with Crippen molar-refractivity contribution >= 4 is 11.6 Å². The van der Waals surface area contributed by atoms with E-state index in [1.807, 2.05) is 43.3 Å². The summed E-state index contributed by atoms with van der Waals surface area (Å²) < 4.78 is 4.99. The Labute approximate surface area is 118 Å². The highest BCUT2D eigenvalue weighted by Gasteiger charge is 2.16. The lowest BCUT2D eigenvalue weighted by molar-refractivity contribution is 0.0949. The van der Waals surface area contributed by atoms with Gasteiger partial charge in [-0.1, -0.05) is 17.3 Å². The van der Waals surface area contributed by atoms with Crippen LogP contribution in [0.3, 0.4) is 0 Å². The second kappa shape index (κ2) is 5.77. The molecule has 0 unspecified atom stereocenters. The van der Waals surface area contributed by atoms with E-state index in [1.165, 1.54) is 0 Å². The Morgan fingerprint density at radius 2 is 1.90 bits per heavy atom. The van der Waals surface area contributed by atoms with E-state index in [9.17, 15) is 4.79 Å². The molecule has 0 aliphatic carbocycles. The Morgan fingerprint density at radius 3 is 2.40 bits per heavy atom. The predicted molar refractivity (Wildman–Crippen MR) is 77.9 cm³/mol. The van der Waals surface area contributed by atoms with Crippen LogP contribution in [0.5, 0.6) is 0 Å². The molecule has 0 fully saturated rings. The molecule has 1 aromatic heterocycles.